The number of carbonyl (C=O) groups excluding carboxylic acids is 1. The maximum absolute atomic E-state index is 13.0. The summed E-state index contributed by atoms with van der Waals surface area (Å²) in [6.07, 6.45) is 1.84. The third-order valence-corrected chi connectivity index (χ3v) is 6.94. The van der Waals surface area contributed by atoms with Crippen LogP contribution >= 0.6 is 23.2 Å². The number of piperidine rings is 1. The Morgan fingerprint density at radius 1 is 0.971 bits per heavy atom. The van der Waals surface area contributed by atoms with E-state index in [-0.39, 0.29) is 11.8 Å². The maximum Gasteiger partial charge on any atom is 0.228 e. The molecule has 1 aliphatic heterocycles. The Bertz CT molecular complexity index is 1300. The van der Waals surface area contributed by atoms with Gasteiger partial charge in [0, 0.05) is 18.1 Å². The zero-order valence-electron chi connectivity index (χ0n) is 18.8. The first-order valence-electron chi connectivity index (χ1n) is 11.5. The minimum Gasteiger partial charge on any atom is -0.324 e. The van der Waals surface area contributed by atoms with E-state index in [1.54, 1.807) is 6.07 Å². The molecular weight excluding hydrogens is 467 g/mol. The number of fused-ring (bicyclic) bond motifs is 1. The van der Waals surface area contributed by atoms with Crippen LogP contribution in [0.3, 0.4) is 0 Å². The summed E-state index contributed by atoms with van der Waals surface area (Å²) in [4.78, 5) is 20.2. The number of para-hydroxylation sites is 3. The van der Waals surface area contributed by atoms with Crippen LogP contribution < -0.4 is 5.32 Å². The van der Waals surface area contributed by atoms with Crippen molar-refractivity contribution in [3.05, 3.63) is 94.2 Å². The molecule has 7 heteroatoms. The van der Waals surface area contributed by atoms with Crippen LogP contribution in [0.4, 0.5) is 5.69 Å². The van der Waals surface area contributed by atoms with E-state index in [0.717, 1.165) is 47.8 Å². The van der Waals surface area contributed by atoms with E-state index in [9.17, 15) is 4.79 Å². The zero-order valence-corrected chi connectivity index (χ0v) is 20.3. The first kappa shape index (κ1) is 22.9. The average molecular weight is 493 g/mol. The molecule has 0 saturated carbocycles. The summed E-state index contributed by atoms with van der Waals surface area (Å²) in [6.45, 7) is 3.05. The molecule has 1 amide bonds. The fourth-order valence-electron chi connectivity index (χ4n) is 4.61. The van der Waals surface area contributed by atoms with Crippen molar-refractivity contribution in [2.24, 2.45) is 5.92 Å². The fourth-order valence-corrected chi connectivity index (χ4v) is 4.91. The number of benzene rings is 3. The molecular formula is C27H26Cl2N4O. The Morgan fingerprint density at radius 2 is 1.74 bits per heavy atom. The molecule has 5 rings (SSSR count). The molecule has 0 radical (unpaired) electrons. The number of nitrogens with zero attached hydrogens (tertiary/aromatic N) is 3. The third-order valence-electron chi connectivity index (χ3n) is 6.36. The van der Waals surface area contributed by atoms with Gasteiger partial charge in [0.1, 0.15) is 5.82 Å². The predicted molar refractivity (Wildman–Crippen MR) is 138 cm³/mol. The van der Waals surface area contributed by atoms with Gasteiger partial charge in [-0.2, -0.15) is 0 Å². The predicted octanol–water partition coefficient (Wildman–Crippen LogP) is 6.24. The summed E-state index contributed by atoms with van der Waals surface area (Å²) in [5.41, 5.74) is 3.93. The molecule has 3 aromatic carbocycles. The van der Waals surface area contributed by atoms with E-state index in [2.05, 4.69) is 33.0 Å². The number of imidazole rings is 1. The van der Waals surface area contributed by atoms with Crippen LogP contribution in [0.25, 0.3) is 11.0 Å². The number of carbonyl (C=O) groups is 1. The normalized spacial score (nSPS) is 16.6. The van der Waals surface area contributed by atoms with Gasteiger partial charge in [0.25, 0.3) is 0 Å². The van der Waals surface area contributed by atoms with Crippen molar-refractivity contribution in [1.82, 2.24) is 14.5 Å². The van der Waals surface area contributed by atoms with Gasteiger partial charge in [0.05, 0.1) is 34.2 Å². The number of hydrogen-bond acceptors (Lipinski definition) is 3. The second-order valence-electron chi connectivity index (χ2n) is 8.77. The zero-order chi connectivity index (χ0) is 23.5. The van der Waals surface area contributed by atoms with Crippen LogP contribution in [0.5, 0.6) is 0 Å². The molecule has 1 saturated heterocycles. The van der Waals surface area contributed by atoms with E-state index >= 15 is 0 Å². The molecule has 1 N–H and O–H groups in total. The molecule has 1 aliphatic rings. The average Bonchev–Trinajstić information content (AvgIpc) is 3.19. The largest absolute Gasteiger partial charge is 0.324 e. The molecule has 1 aromatic heterocycles. The van der Waals surface area contributed by atoms with Gasteiger partial charge in [-0.1, -0.05) is 59.6 Å². The number of anilines is 1. The molecule has 174 valence electrons. The summed E-state index contributed by atoms with van der Waals surface area (Å²) < 4.78 is 2.27. The van der Waals surface area contributed by atoms with Gasteiger partial charge in [0.15, 0.2) is 0 Å². The highest BCUT2D eigenvalue weighted by molar-refractivity contribution is 6.33. The van der Waals surface area contributed by atoms with Crippen molar-refractivity contribution in [2.45, 2.75) is 25.9 Å². The van der Waals surface area contributed by atoms with Crippen molar-refractivity contribution in [2.75, 3.05) is 18.4 Å². The highest BCUT2D eigenvalue weighted by Gasteiger charge is 2.27. The fraction of sp³-hybridized carbons (Fsp3) is 0.259. The Hall–Kier alpha value is -2.86. The Kier molecular flexibility index (Phi) is 6.86. The van der Waals surface area contributed by atoms with E-state index in [0.29, 0.717) is 23.8 Å². The summed E-state index contributed by atoms with van der Waals surface area (Å²) >= 11 is 12.3. The molecule has 1 atom stereocenters. The van der Waals surface area contributed by atoms with Crippen LogP contribution in [-0.2, 0) is 17.9 Å². The van der Waals surface area contributed by atoms with E-state index in [4.69, 9.17) is 28.2 Å². The number of hydrogen-bond donors (Lipinski definition) is 1. The summed E-state index contributed by atoms with van der Waals surface area (Å²) in [6, 6.07) is 23.5. The van der Waals surface area contributed by atoms with E-state index < -0.39 is 0 Å². The van der Waals surface area contributed by atoms with Crippen molar-refractivity contribution in [3.63, 3.8) is 0 Å². The highest BCUT2D eigenvalue weighted by atomic mass is 35.5. The lowest BCUT2D eigenvalue weighted by atomic mass is 9.97. The van der Waals surface area contributed by atoms with Gasteiger partial charge in [-0.3, -0.25) is 9.69 Å². The SMILES string of the molecule is O=C(Nc1ccccc1Cl)[C@H]1CCCN(Cc2nc3ccccc3n2Cc2ccc(Cl)cc2)C1. The molecule has 5 nitrogen and oxygen atoms in total. The van der Waals surface area contributed by atoms with Crippen LogP contribution in [0.2, 0.25) is 10.0 Å². The van der Waals surface area contributed by atoms with Crippen molar-refractivity contribution >= 4 is 45.8 Å². The smallest absolute Gasteiger partial charge is 0.228 e. The number of nitrogens with one attached hydrogen (secondary N) is 1. The molecule has 2 heterocycles. The van der Waals surface area contributed by atoms with Crippen LogP contribution in [0.1, 0.15) is 24.2 Å². The first-order chi connectivity index (χ1) is 16.6. The van der Waals surface area contributed by atoms with Crippen LogP contribution in [0.15, 0.2) is 72.8 Å². The minimum atomic E-state index is -0.0842. The lowest BCUT2D eigenvalue weighted by Gasteiger charge is -2.32. The molecule has 1 fully saturated rings. The molecule has 0 spiro atoms. The topological polar surface area (TPSA) is 50.2 Å². The van der Waals surface area contributed by atoms with Gasteiger partial charge in [0.2, 0.25) is 5.91 Å². The quantitative estimate of drug-likeness (QED) is 0.346. The Labute approximate surface area is 209 Å². The van der Waals surface area contributed by atoms with Crippen molar-refractivity contribution in [1.29, 1.82) is 0 Å². The van der Waals surface area contributed by atoms with Crippen molar-refractivity contribution in [3.8, 4) is 0 Å². The molecule has 0 aliphatic carbocycles. The molecule has 0 unspecified atom stereocenters. The second-order valence-corrected chi connectivity index (χ2v) is 9.62. The molecule has 34 heavy (non-hydrogen) atoms. The van der Waals surface area contributed by atoms with Gasteiger partial charge < -0.3 is 9.88 Å². The second kappa shape index (κ2) is 10.2. The summed E-state index contributed by atoms with van der Waals surface area (Å²) in [7, 11) is 0. The summed E-state index contributed by atoms with van der Waals surface area (Å²) in [5, 5.41) is 4.29. The maximum atomic E-state index is 13.0. The number of aromatic nitrogens is 2. The lowest BCUT2D eigenvalue weighted by molar-refractivity contribution is -0.121. The number of amides is 1. The Morgan fingerprint density at radius 3 is 2.56 bits per heavy atom. The number of rotatable bonds is 6. The van der Waals surface area contributed by atoms with Crippen LogP contribution in [-0.4, -0.2) is 33.4 Å². The standard InChI is InChI=1S/C27H26Cl2N4O/c28-21-13-11-19(12-14-21)16-33-25-10-4-3-9-24(25)30-26(33)18-32-15-5-6-20(17-32)27(34)31-23-8-2-1-7-22(23)29/h1-4,7-14,20H,5-6,15-18H2,(H,31,34)/t20-/m0/s1. The van der Waals surface area contributed by atoms with Gasteiger partial charge >= 0.3 is 0 Å². The van der Waals surface area contributed by atoms with E-state index in [1.807, 2.05) is 48.5 Å². The minimum absolute atomic E-state index is 0.0208. The monoisotopic (exact) mass is 492 g/mol. The van der Waals surface area contributed by atoms with Gasteiger partial charge in [-0.25, -0.2) is 4.98 Å². The third kappa shape index (κ3) is 5.12. The molecule has 4 aromatic rings. The number of halogens is 2. The highest BCUT2D eigenvalue weighted by Crippen LogP contribution is 2.25. The molecule has 0 bridgehead atoms. The number of likely N-dealkylation sites (tertiary alicyclic amines) is 1. The Balaban J connectivity index is 1.34. The van der Waals surface area contributed by atoms with Crippen molar-refractivity contribution < 1.29 is 4.79 Å². The lowest BCUT2D eigenvalue weighted by Crippen LogP contribution is -2.40. The van der Waals surface area contributed by atoms with Gasteiger partial charge in [-0.05, 0) is 61.3 Å². The van der Waals surface area contributed by atoms with Crippen LogP contribution in [0, 0.1) is 5.92 Å². The summed E-state index contributed by atoms with van der Waals surface area (Å²) in [5.74, 6) is 0.940. The van der Waals surface area contributed by atoms with Gasteiger partial charge in [-0.15, -0.1) is 0 Å². The first-order valence-corrected chi connectivity index (χ1v) is 12.3. The van der Waals surface area contributed by atoms with E-state index in [1.165, 1.54) is 5.56 Å².